The Morgan fingerprint density at radius 2 is 2.67 bits per heavy atom. The number of rotatable bonds is 2. The molecular formula is C6H7NOS. The lowest BCUT2D eigenvalue weighted by Crippen LogP contribution is -1.66. The van der Waals surface area contributed by atoms with E-state index in [1.54, 1.807) is 30.9 Å². The molecule has 0 aliphatic heterocycles. The first-order valence-corrected chi connectivity index (χ1v) is 3.40. The van der Waals surface area contributed by atoms with Gasteiger partial charge in [-0.25, -0.2) is 4.98 Å². The largest absolute Gasteiger partial charge is 0.504 e. The minimum atomic E-state index is 0.969. The van der Waals surface area contributed by atoms with Gasteiger partial charge >= 0.3 is 0 Å². The van der Waals surface area contributed by atoms with Crippen LogP contribution in [0.15, 0.2) is 17.8 Å². The summed E-state index contributed by atoms with van der Waals surface area (Å²) in [5, 5.41) is 2.90. The van der Waals surface area contributed by atoms with Crippen molar-refractivity contribution in [3.05, 3.63) is 22.8 Å². The van der Waals surface area contributed by atoms with E-state index in [1.807, 2.05) is 11.5 Å². The number of ether oxygens (including phenoxy) is 1. The molecule has 0 aliphatic rings. The number of hydrogen-bond acceptors (Lipinski definition) is 3. The Morgan fingerprint density at radius 3 is 3.22 bits per heavy atom. The molecule has 9 heavy (non-hydrogen) atoms. The highest BCUT2D eigenvalue weighted by molar-refractivity contribution is 7.10. The van der Waals surface area contributed by atoms with Crippen LogP contribution in [0.2, 0.25) is 0 Å². The van der Waals surface area contributed by atoms with Crippen molar-refractivity contribution in [3.63, 3.8) is 0 Å². The minimum absolute atomic E-state index is 0.969. The first kappa shape index (κ1) is 6.29. The molecule has 1 aromatic heterocycles. The zero-order chi connectivity index (χ0) is 6.53. The maximum atomic E-state index is 4.70. The van der Waals surface area contributed by atoms with E-state index in [0.717, 1.165) is 5.01 Å². The number of aromatic nitrogens is 1. The highest BCUT2D eigenvalue weighted by Crippen LogP contribution is 2.04. The van der Waals surface area contributed by atoms with Gasteiger partial charge in [-0.2, -0.15) is 0 Å². The second-order valence-corrected chi connectivity index (χ2v) is 2.33. The van der Waals surface area contributed by atoms with Crippen LogP contribution in [0, 0.1) is 0 Å². The summed E-state index contributed by atoms with van der Waals surface area (Å²) in [4.78, 5) is 4.01. The van der Waals surface area contributed by atoms with Crippen molar-refractivity contribution in [3.8, 4) is 0 Å². The van der Waals surface area contributed by atoms with Crippen molar-refractivity contribution in [2.24, 2.45) is 0 Å². The van der Waals surface area contributed by atoms with Gasteiger partial charge in [-0.1, -0.05) is 0 Å². The molecule has 0 radical (unpaired) electrons. The van der Waals surface area contributed by atoms with E-state index in [0.29, 0.717) is 0 Å². The van der Waals surface area contributed by atoms with Crippen molar-refractivity contribution in [1.29, 1.82) is 0 Å². The molecule has 1 rings (SSSR count). The quantitative estimate of drug-likeness (QED) is 0.585. The average Bonchev–Trinajstić information content (AvgIpc) is 2.34. The number of methoxy groups -OCH3 is 1. The second kappa shape index (κ2) is 3.25. The summed E-state index contributed by atoms with van der Waals surface area (Å²) in [6, 6.07) is 0. The first-order valence-electron chi connectivity index (χ1n) is 2.52. The number of thiazole rings is 1. The number of nitrogens with zero attached hydrogens (tertiary/aromatic N) is 1. The maximum absolute atomic E-state index is 4.70. The Bertz CT molecular complexity index is 181. The SMILES string of the molecule is CO/C=C/c1nccs1. The summed E-state index contributed by atoms with van der Waals surface area (Å²) < 4.78 is 4.70. The Hall–Kier alpha value is -0.830. The zero-order valence-corrected chi connectivity index (χ0v) is 5.89. The van der Waals surface area contributed by atoms with Crippen LogP contribution in [0.1, 0.15) is 5.01 Å². The third-order valence-electron chi connectivity index (χ3n) is 0.798. The van der Waals surface area contributed by atoms with Crippen molar-refractivity contribution in [2.75, 3.05) is 7.11 Å². The van der Waals surface area contributed by atoms with E-state index in [2.05, 4.69) is 4.98 Å². The minimum Gasteiger partial charge on any atom is -0.504 e. The second-order valence-electron chi connectivity index (χ2n) is 1.41. The molecule has 0 amide bonds. The molecule has 0 aliphatic carbocycles. The van der Waals surface area contributed by atoms with Crippen LogP contribution < -0.4 is 0 Å². The van der Waals surface area contributed by atoms with Crippen LogP contribution in [-0.4, -0.2) is 12.1 Å². The molecule has 3 heteroatoms. The molecule has 0 N–H and O–H groups in total. The Balaban J connectivity index is 2.57. The summed E-state index contributed by atoms with van der Waals surface area (Å²) in [7, 11) is 1.62. The molecule has 1 heterocycles. The fourth-order valence-electron chi connectivity index (χ4n) is 0.443. The zero-order valence-electron chi connectivity index (χ0n) is 5.07. The summed E-state index contributed by atoms with van der Waals surface area (Å²) in [5.41, 5.74) is 0. The predicted molar refractivity (Wildman–Crippen MR) is 38.2 cm³/mol. The molecule has 0 aromatic carbocycles. The van der Waals surface area contributed by atoms with Gasteiger partial charge in [0.15, 0.2) is 0 Å². The Morgan fingerprint density at radius 1 is 1.78 bits per heavy atom. The van der Waals surface area contributed by atoms with Gasteiger partial charge < -0.3 is 4.74 Å². The molecule has 0 unspecified atom stereocenters. The van der Waals surface area contributed by atoms with E-state index >= 15 is 0 Å². The van der Waals surface area contributed by atoms with E-state index < -0.39 is 0 Å². The van der Waals surface area contributed by atoms with Gasteiger partial charge in [-0.05, 0) is 0 Å². The topological polar surface area (TPSA) is 22.1 Å². The monoisotopic (exact) mass is 141 g/mol. The van der Waals surface area contributed by atoms with Gasteiger partial charge in [0.25, 0.3) is 0 Å². The van der Waals surface area contributed by atoms with Crippen molar-refractivity contribution < 1.29 is 4.74 Å². The van der Waals surface area contributed by atoms with Crippen LogP contribution in [-0.2, 0) is 4.74 Å². The molecule has 0 fully saturated rings. The van der Waals surface area contributed by atoms with Gasteiger partial charge in [-0.3, -0.25) is 0 Å². The Labute approximate surface area is 57.8 Å². The van der Waals surface area contributed by atoms with Crippen molar-refractivity contribution >= 4 is 17.4 Å². The highest BCUT2D eigenvalue weighted by Gasteiger charge is 1.83. The summed E-state index contributed by atoms with van der Waals surface area (Å²) in [6.07, 6.45) is 5.20. The molecule has 0 atom stereocenters. The van der Waals surface area contributed by atoms with E-state index in [1.165, 1.54) is 0 Å². The molecule has 0 saturated carbocycles. The highest BCUT2D eigenvalue weighted by atomic mass is 32.1. The third-order valence-corrected chi connectivity index (χ3v) is 1.54. The smallest absolute Gasteiger partial charge is 0.119 e. The van der Waals surface area contributed by atoms with Gasteiger partial charge in [-0.15, -0.1) is 11.3 Å². The molecule has 2 nitrogen and oxygen atoms in total. The lowest BCUT2D eigenvalue weighted by Gasteiger charge is -1.82. The van der Waals surface area contributed by atoms with Crippen LogP contribution in [0.25, 0.3) is 6.08 Å². The third kappa shape index (κ3) is 1.85. The lowest BCUT2D eigenvalue weighted by atomic mass is 10.7. The van der Waals surface area contributed by atoms with E-state index in [9.17, 15) is 0 Å². The molecular weight excluding hydrogens is 134 g/mol. The first-order chi connectivity index (χ1) is 4.43. The van der Waals surface area contributed by atoms with Crippen molar-refractivity contribution in [1.82, 2.24) is 4.98 Å². The lowest BCUT2D eigenvalue weighted by molar-refractivity contribution is 0.341. The van der Waals surface area contributed by atoms with Gasteiger partial charge in [0.1, 0.15) is 5.01 Å². The predicted octanol–water partition coefficient (Wildman–Crippen LogP) is 1.76. The van der Waals surface area contributed by atoms with Gasteiger partial charge in [0, 0.05) is 17.7 Å². The average molecular weight is 141 g/mol. The molecule has 0 bridgehead atoms. The fraction of sp³-hybridized carbons (Fsp3) is 0.167. The summed E-state index contributed by atoms with van der Waals surface area (Å²) >= 11 is 1.58. The van der Waals surface area contributed by atoms with Gasteiger partial charge in [0.2, 0.25) is 0 Å². The summed E-state index contributed by atoms with van der Waals surface area (Å²) in [5.74, 6) is 0. The Kier molecular flexibility index (Phi) is 2.27. The van der Waals surface area contributed by atoms with Crippen molar-refractivity contribution in [2.45, 2.75) is 0 Å². The van der Waals surface area contributed by atoms with Crippen LogP contribution in [0.3, 0.4) is 0 Å². The normalized spacial score (nSPS) is 10.3. The van der Waals surface area contributed by atoms with Crippen LogP contribution in [0.5, 0.6) is 0 Å². The molecule has 0 spiro atoms. The van der Waals surface area contributed by atoms with Crippen LogP contribution >= 0.6 is 11.3 Å². The van der Waals surface area contributed by atoms with Crippen LogP contribution in [0.4, 0.5) is 0 Å². The summed E-state index contributed by atoms with van der Waals surface area (Å²) in [6.45, 7) is 0. The van der Waals surface area contributed by atoms with E-state index in [-0.39, 0.29) is 0 Å². The number of hydrogen-bond donors (Lipinski definition) is 0. The molecule has 1 aromatic rings. The standard InChI is InChI=1S/C6H7NOS/c1-8-4-2-6-7-3-5-9-6/h2-5H,1H3/b4-2+. The molecule has 48 valence electrons. The molecule has 0 saturated heterocycles. The fourth-order valence-corrected chi connectivity index (χ4v) is 0.960. The van der Waals surface area contributed by atoms with Gasteiger partial charge in [0.05, 0.1) is 13.4 Å². The maximum Gasteiger partial charge on any atom is 0.119 e. The van der Waals surface area contributed by atoms with E-state index in [4.69, 9.17) is 4.74 Å².